The largest absolute Gasteiger partial charge is 0.406 e. The molecule has 0 aromatic heterocycles. The second-order valence-electron chi connectivity index (χ2n) is 3.23. The van der Waals surface area contributed by atoms with Gasteiger partial charge < -0.3 is 5.32 Å². The molecule has 0 fully saturated rings. The van der Waals surface area contributed by atoms with Crippen molar-refractivity contribution in [3.63, 3.8) is 0 Å². The lowest BCUT2D eigenvalue weighted by Crippen LogP contribution is -2.28. The summed E-state index contributed by atoms with van der Waals surface area (Å²) in [4.78, 5) is 0. The number of rotatable bonds is 3. The molecule has 92 valence electrons. The molecule has 1 N–H and O–H groups in total. The molecule has 0 spiro atoms. The Morgan fingerprint density at radius 1 is 1.47 bits per heavy atom. The highest BCUT2D eigenvalue weighted by Gasteiger charge is 2.39. The molecule has 1 aromatic carbocycles. The third-order valence-electron chi connectivity index (χ3n) is 1.98. The van der Waals surface area contributed by atoms with Gasteiger partial charge in [0.15, 0.2) is 5.92 Å². The number of halogens is 5. The lowest BCUT2D eigenvalue weighted by atomic mass is 10.1. The maximum Gasteiger partial charge on any atom is 0.406 e. The molecule has 17 heavy (non-hydrogen) atoms. The van der Waals surface area contributed by atoms with Gasteiger partial charge in [-0.2, -0.15) is 18.4 Å². The van der Waals surface area contributed by atoms with Gasteiger partial charge in [0.05, 0.1) is 6.07 Å². The Labute approximate surface area is 110 Å². The number of hydrogen-bond acceptors (Lipinski definition) is 2. The Hall–Kier alpha value is -0.930. The molecular formula is C10H7BrClF3N2. The fourth-order valence-corrected chi connectivity index (χ4v) is 1.90. The number of anilines is 1. The molecule has 1 atom stereocenters. The molecule has 0 amide bonds. The highest BCUT2D eigenvalue weighted by Crippen LogP contribution is 2.29. The predicted octanol–water partition coefficient (Wildman–Crippen LogP) is 4.22. The molecule has 0 saturated heterocycles. The quantitative estimate of drug-likeness (QED) is 0.902. The molecule has 1 unspecified atom stereocenters. The summed E-state index contributed by atoms with van der Waals surface area (Å²) in [5.41, 5.74) is 0.457. The van der Waals surface area contributed by atoms with Crippen LogP contribution in [0.25, 0.3) is 0 Å². The van der Waals surface area contributed by atoms with Gasteiger partial charge in [-0.1, -0.05) is 11.6 Å². The van der Waals surface area contributed by atoms with Crippen molar-refractivity contribution in [2.45, 2.75) is 6.18 Å². The van der Waals surface area contributed by atoms with Gasteiger partial charge in [0.2, 0.25) is 0 Å². The van der Waals surface area contributed by atoms with Crippen LogP contribution in [0, 0.1) is 17.2 Å². The van der Waals surface area contributed by atoms with Crippen LogP contribution in [0.4, 0.5) is 18.9 Å². The van der Waals surface area contributed by atoms with E-state index >= 15 is 0 Å². The van der Waals surface area contributed by atoms with Crippen LogP contribution < -0.4 is 5.32 Å². The van der Waals surface area contributed by atoms with Crippen LogP contribution in [0.1, 0.15) is 0 Å². The Kier molecular flexibility index (Phi) is 4.66. The standard InChI is InChI=1S/C10H7BrClF3N2/c11-8-3-7(12)1-2-9(8)17-5-6(4-16)10(13,14)15/h1-3,6,17H,5H2. The topological polar surface area (TPSA) is 35.8 Å². The number of benzene rings is 1. The van der Waals surface area contributed by atoms with E-state index in [9.17, 15) is 13.2 Å². The minimum absolute atomic E-state index is 0.457. The molecule has 0 aliphatic heterocycles. The zero-order valence-electron chi connectivity index (χ0n) is 8.35. The zero-order valence-corrected chi connectivity index (χ0v) is 10.7. The average molecular weight is 328 g/mol. The lowest BCUT2D eigenvalue weighted by molar-refractivity contribution is -0.155. The molecule has 0 aliphatic rings. The predicted molar refractivity (Wildman–Crippen MR) is 62.8 cm³/mol. The van der Waals surface area contributed by atoms with Gasteiger partial charge in [-0.25, -0.2) is 0 Å². The van der Waals surface area contributed by atoms with E-state index in [0.29, 0.717) is 15.2 Å². The van der Waals surface area contributed by atoms with Crippen LogP contribution in [0.2, 0.25) is 5.02 Å². The summed E-state index contributed by atoms with van der Waals surface area (Å²) < 4.78 is 37.4. The van der Waals surface area contributed by atoms with E-state index in [1.807, 2.05) is 0 Å². The van der Waals surface area contributed by atoms with Crippen molar-refractivity contribution in [1.82, 2.24) is 0 Å². The molecule has 0 aliphatic carbocycles. The SMILES string of the molecule is N#CC(CNc1ccc(Cl)cc1Br)C(F)(F)F. The first-order chi connectivity index (χ1) is 7.84. The molecule has 1 aromatic rings. The van der Waals surface area contributed by atoms with E-state index in [0.717, 1.165) is 0 Å². The number of nitrogens with one attached hydrogen (secondary N) is 1. The van der Waals surface area contributed by atoms with Crippen LogP contribution in [-0.4, -0.2) is 12.7 Å². The smallest absolute Gasteiger partial charge is 0.382 e. The number of hydrogen-bond donors (Lipinski definition) is 1. The number of nitrogens with zero attached hydrogens (tertiary/aromatic N) is 1. The Morgan fingerprint density at radius 2 is 2.12 bits per heavy atom. The maximum atomic E-state index is 12.3. The first kappa shape index (κ1) is 14.1. The summed E-state index contributed by atoms with van der Waals surface area (Å²) in [6.07, 6.45) is -4.53. The van der Waals surface area contributed by atoms with Crippen molar-refractivity contribution in [3.05, 3.63) is 27.7 Å². The van der Waals surface area contributed by atoms with E-state index in [1.165, 1.54) is 12.1 Å². The molecule has 0 radical (unpaired) electrons. The van der Waals surface area contributed by atoms with Crippen molar-refractivity contribution in [3.8, 4) is 6.07 Å². The second kappa shape index (κ2) is 5.61. The third-order valence-corrected chi connectivity index (χ3v) is 2.87. The Balaban J connectivity index is 2.71. The van der Waals surface area contributed by atoms with Crippen molar-refractivity contribution in [2.75, 3.05) is 11.9 Å². The molecule has 2 nitrogen and oxygen atoms in total. The van der Waals surface area contributed by atoms with Crippen LogP contribution in [0.3, 0.4) is 0 Å². The molecule has 0 heterocycles. The third kappa shape index (κ3) is 4.10. The number of alkyl halides is 3. The summed E-state index contributed by atoms with van der Waals surface area (Å²) in [7, 11) is 0. The molecule has 0 saturated carbocycles. The van der Waals surface area contributed by atoms with Crippen molar-refractivity contribution < 1.29 is 13.2 Å². The Morgan fingerprint density at radius 3 is 2.59 bits per heavy atom. The summed E-state index contributed by atoms with van der Waals surface area (Å²) in [6, 6.07) is 5.85. The molecular weight excluding hydrogens is 320 g/mol. The minimum Gasteiger partial charge on any atom is -0.382 e. The zero-order chi connectivity index (χ0) is 13.1. The summed E-state index contributed by atoms with van der Waals surface area (Å²) >= 11 is 8.85. The van der Waals surface area contributed by atoms with Gasteiger partial charge in [-0.05, 0) is 34.1 Å². The van der Waals surface area contributed by atoms with Gasteiger partial charge >= 0.3 is 6.18 Å². The summed E-state index contributed by atoms with van der Waals surface area (Å²) in [5.74, 6) is -2.04. The van der Waals surface area contributed by atoms with E-state index in [4.69, 9.17) is 16.9 Å². The van der Waals surface area contributed by atoms with Crippen LogP contribution in [0.5, 0.6) is 0 Å². The maximum absolute atomic E-state index is 12.3. The van der Waals surface area contributed by atoms with Gasteiger partial charge in [0.25, 0.3) is 0 Å². The van der Waals surface area contributed by atoms with Gasteiger partial charge in [0.1, 0.15) is 0 Å². The fourth-order valence-electron chi connectivity index (χ4n) is 1.08. The van der Waals surface area contributed by atoms with Gasteiger partial charge in [-0.3, -0.25) is 0 Å². The Bertz CT molecular complexity index is 442. The van der Waals surface area contributed by atoms with E-state index in [1.54, 1.807) is 12.1 Å². The molecule has 0 bridgehead atoms. The van der Waals surface area contributed by atoms with Crippen LogP contribution in [-0.2, 0) is 0 Å². The normalized spacial score (nSPS) is 12.9. The van der Waals surface area contributed by atoms with Crippen molar-refractivity contribution in [2.24, 2.45) is 5.92 Å². The molecule has 1 rings (SSSR count). The highest BCUT2D eigenvalue weighted by atomic mass is 79.9. The number of nitriles is 1. The first-order valence-electron chi connectivity index (χ1n) is 4.50. The van der Waals surface area contributed by atoms with Crippen LogP contribution in [0.15, 0.2) is 22.7 Å². The monoisotopic (exact) mass is 326 g/mol. The summed E-state index contributed by atoms with van der Waals surface area (Å²) in [5, 5.41) is 11.4. The van der Waals surface area contributed by atoms with Crippen molar-refractivity contribution in [1.29, 1.82) is 5.26 Å². The fraction of sp³-hybridized carbons (Fsp3) is 0.300. The van der Waals surface area contributed by atoms with Gasteiger partial charge in [-0.15, -0.1) is 0 Å². The van der Waals surface area contributed by atoms with E-state index in [-0.39, 0.29) is 0 Å². The lowest BCUT2D eigenvalue weighted by Gasteiger charge is -2.15. The van der Waals surface area contributed by atoms with Gasteiger partial charge in [0, 0.05) is 21.7 Å². The highest BCUT2D eigenvalue weighted by molar-refractivity contribution is 9.10. The summed E-state index contributed by atoms with van der Waals surface area (Å²) in [6.45, 7) is -0.500. The van der Waals surface area contributed by atoms with E-state index in [2.05, 4.69) is 21.2 Å². The average Bonchev–Trinajstić information content (AvgIpc) is 2.19. The minimum atomic E-state index is -4.53. The van der Waals surface area contributed by atoms with Crippen molar-refractivity contribution >= 4 is 33.2 Å². The molecule has 7 heteroatoms. The first-order valence-corrected chi connectivity index (χ1v) is 5.67. The second-order valence-corrected chi connectivity index (χ2v) is 4.52. The van der Waals surface area contributed by atoms with E-state index < -0.39 is 18.6 Å². The van der Waals surface area contributed by atoms with Crippen LogP contribution >= 0.6 is 27.5 Å².